The number of ether oxygens (including phenoxy) is 2. The Labute approximate surface area is 121 Å². The summed E-state index contributed by atoms with van der Waals surface area (Å²) in [5.41, 5.74) is 1.69. The predicted molar refractivity (Wildman–Crippen MR) is 77.2 cm³/mol. The van der Waals surface area contributed by atoms with E-state index in [1.807, 2.05) is 24.0 Å². The van der Waals surface area contributed by atoms with Crippen molar-refractivity contribution in [3.05, 3.63) is 29.3 Å². The van der Waals surface area contributed by atoms with Crippen LogP contribution < -0.4 is 4.74 Å². The van der Waals surface area contributed by atoms with Crippen molar-refractivity contribution in [3.63, 3.8) is 0 Å². The van der Waals surface area contributed by atoms with Crippen LogP contribution in [0.25, 0.3) is 0 Å². The van der Waals surface area contributed by atoms with Crippen LogP contribution in [0.4, 0.5) is 0 Å². The molecule has 1 aromatic rings. The molecule has 0 aromatic heterocycles. The summed E-state index contributed by atoms with van der Waals surface area (Å²) in [6.07, 6.45) is 0.0741. The molecule has 1 saturated heterocycles. The third kappa shape index (κ3) is 3.28. The molecular weight excluding hydrogens is 310 g/mol. The van der Waals surface area contributed by atoms with E-state index in [2.05, 4.69) is 15.9 Å². The minimum Gasteiger partial charge on any atom is -0.496 e. The second-order valence-corrected chi connectivity index (χ2v) is 5.23. The Bertz CT molecular complexity index is 464. The average molecular weight is 328 g/mol. The van der Waals surface area contributed by atoms with Crippen molar-refractivity contribution >= 4 is 21.8 Å². The lowest BCUT2D eigenvalue weighted by Gasteiger charge is -2.32. The first-order valence-electron chi connectivity index (χ1n) is 6.27. The molecule has 4 nitrogen and oxygen atoms in total. The number of nitrogens with zero attached hydrogens (tertiary/aromatic N) is 1. The van der Waals surface area contributed by atoms with Crippen LogP contribution in [0.1, 0.15) is 15.9 Å². The topological polar surface area (TPSA) is 38.8 Å². The van der Waals surface area contributed by atoms with Gasteiger partial charge in [0.2, 0.25) is 0 Å². The number of rotatable bonds is 3. The van der Waals surface area contributed by atoms with Gasteiger partial charge in [0.05, 0.1) is 19.8 Å². The van der Waals surface area contributed by atoms with E-state index in [-0.39, 0.29) is 12.0 Å². The lowest BCUT2D eigenvalue weighted by Crippen LogP contribution is -2.46. The van der Waals surface area contributed by atoms with Gasteiger partial charge in [-0.05, 0) is 24.6 Å². The molecular formula is C14H18BrNO3. The van der Waals surface area contributed by atoms with Gasteiger partial charge < -0.3 is 14.4 Å². The number of hydrogen-bond donors (Lipinski definition) is 0. The van der Waals surface area contributed by atoms with Crippen LogP contribution in [0.15, 0.2) is 18.2 Å². The van der Waals surface area contributed by atoms with Crippen LogP contribution in [-0.2, 0) is 4.74 Å². The van der Waals surface area contributed by atoms with Crippen LogP contribution in [0, 0.1) is 6.92 Å². The van der Waals surface area contributed by atoms with Gasteiger partial charge in [-0.1, -0.05) is 22.0 Å². The molecule has 1 atom stereocenters. The maximum Gasteiger partial charge on any atom is 0.254 e. The van der Waals surface area contributed by atoms with Gasteiger partial charge in [0.1, 0.15) is 5.75 Å². The van der Waals surface area contributed by atoms with E-state index in [0.717, 1.165) is 16.6 Å². The Morgan fingerprint density at radius 2 is 2.37 bits per heavy atom. The smallest absolute Gasteiger partial charge is 0.254 e. The molecule has 1 aromatic carbocycles. The van der Waals surface area contributed by atoms with Gasteiger partial charge in [0, 0.05) is 24.0 Å². The quantitative estimate of drug-likeness (QED) is 0.799. The van der Waals surface area contributed by atoms with Crippen LogP contribution in [-0.4, -0.2) is 49.0 Å². The first kappa shape index (κ1) is 14.3. The molecule has 1 amide bonds. The molecule has 104 valence electrons. The average Bonchev–Trinajstić information content (AvgIpc) is 2.47. The van der Waals surface area contributed by atoms with Crippen molar-refractivity contribution in [1.82, 2.24) is 4.90 Å². The van der Waals surface area contributed by atoms with Crippen molar-refractivity contribution in [2.24, 2.45) is 0 Å². The Hall–Kier alpha value is -1.07. The Morgan fingerprint density at radius 1 is 1.58 bits per heavy atom. The minimum atomic E-state index is 0.0348. The zero-order valence-electron chi connectivity index (χ0n) is 11.2. The van der Waals surface area contributed by atoms with Crippen LogP contribution in [0.2, 0.25) is 0 Å². The van der Waals surface area contributed by atoms with Gasteiger partial charge in [-0.25, -0.2) is 0 Å². The molecule has 1 unspecified atom stereocenters. The van der Waals surface area contributed by atoms with Gasteiger partial charge in [-0.15, -0.1) is 0 Å². The third-order valence-corrected chi connectivity index (χ3v) is 3.98. The maximum atomic E-state index is 12.4. The first-order valence-corrected chi connectivity index (χ1v) is 7.39. The fourth-order valence-electron chi connectivity index (χ4n) is 2.13. The molecule has 0 spiro atoms. The van der Waals surface area contributed by atoms with Gasteiger partial charge in [-0.2, -0.15) is 0 Å². The molecule has 19 heavy (non-hydrogen) atoms. The SMILES string of the molecule is COc1cc(C(=O)N2CCOC(CBr)C2)ccc1C. The van der Waals surface area contributed by atoms with Crippen molar-refractivity contribution in [2.45, 2.75) is 13.0 Å². The molecule has 0 saturated carbocycles. The molecule has 1 heterocycles. The summed E-state index contributed by atoms with van der Waals surface area (Å²) in [6, 6.07) is 5.56. The number of carbonyl (C=O) groups is 1. The van der Waals surface area contributed by atoms with Gasteiger partial charge in [-0.3, -0.25) is 4.79 Å². The standard InChI is InChI=1S/C14H18BrNO3/c1-10-3-4-11(7-13(10)18-2)14(17)16-5-6-19-12(8-15)9-16/h3-4,7,12H,5-6,8-9H2,1-2H3. The van der Waals surface area contributed by atoms with E-state index in [9.17, 15) is 4.79 Å². The monoisotopic (exact) mass is 327 g/mol. The second kappa shape index (κ2) is 6.39. The number of aryl methyl sites for hydroxylation is 1. The lowest BCUT2D eigenvalue weighted by atomic mass is 10.1. The number of carbonyl (C=O) groups excluding carboxylic acids is 1. The summed E-state index contributed by atoms with van der Waals surface area (Å²) in [7, 11) is 1.62. The van der Waals surface area contributed by atoms with E-state index in [1.54, 1.807) is 13.2 Å². The van der Waals surface area contributed by atoms with Gasteiger partial charge in [0.25, 0.3) is 5.91 Å². The summed E-state index contributed by atoms with van der Waals surface area (Å²) < 4.78 is 10.8. The normalized spacial score (nSPS) is 19.3. The number of halogens is 1. The van der Waals surface area contributed by atoms with Gasteiger partial charge in [0.15, 0.2) is 0 Å². The van der Waals surface area contributed by atoms with E-state index >= 15 is 0 Å². The molecule has 0 radical (unpaired) electrons. The molecule has 1 aliphatic heterocycles. The van der Waals surface area contributed by atoms with Crippen LogP contribution in [0.3, 0.4) is 0 Å². The van der Waals surface area contributed by atoms with E-state index < -0.39 is 0 Å². The Balaban J connectivity index is 2.14. The predicted octanol–water partition coefficient (Wildman–Crippen LogP) is 2.24. The molecule has 5 heteroatoms. The lowest BCUT2D eigenvalue weighted by molar-refractivity contribution is -0.00965. The number of benzene rings is 1. The highest BCUT2D eigenvalue weighted by molar-refractivity contribution is 9.09. The summed E-state index contributed by atoms with van der Waals surface area (Å²) in [5.74, 6) is 0.781. The van der Waals surface area contributed by atoms with E-state index in [0.29, 0.717) is 25.3 Å². The second-order valence-electron chi connectivity index (χ2n) is 4.58. The molecule has 0 bridgehead atoms. The molecule has 1 fully saturated rings. The Kier molecular flexibility index (Phi) is 4.82. The van der Waals surface area contributed by atoms with Crippen molar-refractivity contribution in [2.75, 3.05) is 32.1 Å². The molecule has 0 aliphatic carbocycles. The maximum absolute atomic E-state index is 12.4. The highest BCUT2D eigenvalue weighted by Gasteiger charge is 2.24. The number of morpholine rings is 1. The largest absolute Gasteiger partial charge is 0.496 e. The summed E-state index contributed by atoms with van der Waals surface area (Å²) in [5, 5.41) is 0.744. The zero-order valence-corrected chi connectivity index (χ0v) is 12.8. The summed E-state index contributed by atoms with van der Waals surface area (Å²) in [6.45, 7) is 3.81. The number of amides is 1. The van der Waals surface area contributed by atoms with Crippen molar-refractivity contribution in [3.8, 4) is 5.75 Å². The van der Waals surface area contributed by atoms with Crippen molar-refractivity contribution in [1.29, 1.82) is 0 Å². The summed E-state index contributed by atoms with van der Waals surface area (Å²) >= 11 is 3.39. The fraction of sp³-hybridized carbons (Fsp3) is 0.500. The van der Waals surface area contributed by atoms with E-state index in [4.69, 9.17) is 9.47 Å². The van der Waals surface area contributed by atoms with Crippen LogP contribution in [0.5, 0.6) is 5.75 Å². The zero-order chi connectivity index (χ0) is 13.8. The highest BCUT2D eigenvalue weighted by atomic mass is 79.9. The molecule has 2 rings (SSSR count). The van der Waals surface area contributed by atoms with Crippen LogP contribution >= 0.6 is 15.9 Å². The van der Waals surface area contributed by atoms with Gasteiger partial charge >= 0.3 is 0 Å². The first-order chi connectivity index (χ1) is 9.15. The highest BCUT2D eigenvalue weighted by Crippen LogP contribution is 2.21. The van der Waals surface area contributed by atoms with E-state index in [1.165, 1.54) is 0 Å². The fourth-order valence-corrected chi connectivity index (χ4v) is 2.52. The third-order valence-electron chi connectivity index (χ3n) is 3.25. The minimum absolute atomic E-state index is 0.0348. The molecule has 0 N–H and O–H groups in total. The number of methoxy groups -OCH3 is 1. The Morgan fingerprint density at radius 3 is 3.05 bits per heavy atom. The van der Waals surface area contributed by atoms with Crippen molar-refractivity contribution < 1.29 is 14.3 Å². The number of alkyl halides is 1. The summed E-state index contributed by atoms with van der Waals surface area (Å²) in [4.78, 5) is 14.3. The molecule has 1 aliphatic rings. The number of hydrogen-bond acceptors (Lipinski definition) is 3.